The first kappa shape index (κ1) is 14.3. The van der Waals surface area contributed by atoms with Crippen LogP contribution >= 0.6 is 0 Å². The highest BCUT2D eigenvalue weighted by Crippen LogP contribution is 2.19. The van der Waals surface area contributed by atoms with E-state index in [1.54, 1.807) is 0 Å². The average Bonchev–Trinajstić information content (AvgIpc) is 2.37. The van der Waals surface area contributed by atoms with Crippen LogP contribution in [0.15, 0.2) is 12.1 Å². The molecule has 1 aromatic heterocycles. The standard InChI is InChI=1S/C15H25N3O/c1-11(2)16-9-14-5-6-15(17-13(14)4)18-7-8-19-10-12(18)3/h5-6,11-12,16H,7-10H2,1-4H3. The van der Waals surface area contributed by atoms with Crippen molar-refractivity contribution in [2.45, 2.75) is 46.3 Å². The number of nitrogens with zero attached hydrogens (tertiary/aromatic N) is 2. The largest absolute Gasteiger partial charge is 0.377 e. The third-order valence-electron chi connectivity index (χ3n) is 3.54. The number of pyridine rings is 1. The molecule has 1 aliphatic heterocycles. The molecule has 0 amide bonds. The van der Waals surface area contributed by atoms with E-state index in [1.807, 2.05) is 0 Å². The van der Waals surface area contributed by atoms with Gasteiger partial charge in [0.1, 0.15) is 5.82 Å². The van der Waals surface area contributed by atoms with E-state index in [-0.39, 0.29) is 0 Å². The average molecular weight is 263 g/mol. The molecule has 1 fully saturated rings. The Bertz CT molecular complexity index is 420. The molecule has 0 bridgehead atoms. The number of aromatic nitrogens is 1. The fraction of sp³-hybridized carbons (Fsp3) is 0.667. The molecule has 2 heterocycles. The van der Waals surface area contributed by atoms with Crippen LogP contribution in [0.3, 0.4) is 0 Å². The maximum atomic E-state index is 5.47. The molecule has 1 aliphatic rings. The van der Waals surface area contributed by atoms with Crippen molar-refractivity contribution in [3.8, 4) is 0 Å². The summed E-state index contributed by atoms with van der Waals surface area (Å²) in [5.41, 5.74) is 2.39. The van der Waals surface area contributed by atoms with Crippen molar-refractivity contribution < 1.29 is 4.74 Å². The maximum Gasteiger partial charge on any atom is 0.129 e. The Morgan fingerprint density at radius 2 is 2.26 bits per heavy atom. The molecule has 4 heteroatoms. The van der Waals surface area contributed by atoms with Gasteiger partial charge in [-0.1, -0.05) is 19.9 Å². The second-order valence-electron chi connectivity index (χ2n) is 5.57. The first-order valence-corrected chi connectivity index (χ1v) is 7.12. The van der Waals surface area contributed by atoms with E-state index < -0.39 is 0 Å². The lowest BCUT2D eigenvalue weighted by atomic mass is 10.1. The Balaban J connectivity index is 2.09. The van der Waals surface area contributed by atoms with Crippen LogP contribution in [0.5, 0.6) is 0 Å². The summed E-state index contributed by atoms with van der Waals surface area (Å²) < 4.78 is 5.47. The van der Waals surface area contributed by atoms with Gasteiger partial charge < -0.3 is 15.0 Å². The van der Waals surface area contributed by atoms with Gasteiger partial charge in [0.2, 0.25) is 0 Å². The van der Waals surface area contributed by atoms with Crippen LogP contribution in [0.2, 0.25) is 0 Å². The zero-order chi connectivity index (χ0) is 13.8. The van der Waals surface area contributed by atoms with Crippen molar-refractivity contribution in [2.24, 2.45) is 0 Å². The van der Waals surface area contributed by atoms with Crippen LogP contribution in [0.1, 0.15) is 32.0 Å². The zero-order valence-electron chi connectivity index (χ0n) is 12.4. The number of hydrogen-bond donors (Lipinski definition) is 1. The summed E-state index contributed by atoms with van der Waals surface area (Å²) in [6, 6.07) is 5.22. The van der Waals surface area contributed by atoms with Gasteiger partial charge in [0.15, 0.2) is 0 Å². The van der Waals surface area contributed by atoms with Gasteiger partial charge in [-0.15, -0.1) is 0 Å². The highest BCUT2D eigenvalue weighted by Gasteiger charge is 2.20. The van der Waals surface area contributed by atoms with E-state index in [0.717, 1.165) is 37.8 Å². The molecule has 2 rings (SSSR count). The summed E-state index contributed by atoms with van der Waals surface area (Å²) in [6.07, 6.45) is 0. The Kier molecular flexibility index (Phi) is 4.77. The molecule has 0 saturated carbocycles. The van der Waals surface area contributed by atoms with Gasteiger partial charge in [0.25, 0.3) is 0 Å². The molecule has 1 N–H and O–H groups in total. The molecular formula is C15H25N3O. The molecule has 1 saturated heterocycles. The van der Waals surface area contributed by atoms with Gasteiger partial charge >= 0.3 is 0 Å². The second-order valence-corrected chi connectivity index (χ2v) is 5.57. The number of anilines is 1. The van der Waals surface area contributed by atoms with Crippen LogP contribution in [-0.4, -0.2) is 36.8 Å². The van der Waals surface area contributed by atoms with E-state index in [4.69, 9.17) is 9.72 Å². The first-order chi connectivity index (χ1) is 9.08. The minimum Gasteiger partial charge on any atom is -0.377 e. The van der Waals surface area contributed by atoms with Crippen molar-refractivity contribution in [3.05, 3.63) is 23.4 Å². The molecule has 0 aliphatic carbocycles. The lowest BCUT2D eigenvalue weighted by Crippen LogP contribution is -2.44. The number of morpholine rings is 1. The fourth-order valence-electron chi connectivity index (χ4n) is 2.31. The molecule has 106 valence electrons. The molecule has 0 aromatic carbocycles. The molecule has 1 aromatic rings. The zero-order valence-corrected chi connectivity index (χ0v) is 12.4. The predicted molar refractivity (Wildman–Crippen MR) is 78.6 cm³/mol. The number of aryl methyl sites for hydroxylation is 1. The molecule has 0 spiro atoms. The SMILES string of the molecule is Cc1nc(N2CCOCC2C)ccc1CNC(C)C. The molecule has 19 heavy (non-hydrogen) atoms. The number of hydrogen-bond acceptors (Lipinski definition) is 4. The molecule has 1 unspecified atom stereocenters. The van der Waals surface area contributed by atoms with E-state index in [0.29, 0.717) is 12.1 Å². The summed E-state index contributed by atoms with van der Waals surface area (Å²) in [4.78, 5) is 7.09. The monoisotopic (exact) mass is 263 g/mol. The molecular weight excluding hydrogens is 238 g/mol. The normalized spacial score (nSPS) is 20.1. The topological polar surface area (TPSA) is 37.4 Å². The summed E-state index contributed by atoms with van der Waals surface area (Å²) >= 11 is 0. The number of nitrogens with one attached hydrogen (secondary N) is 1. The molecule has 0 radical (unpaired) electrons. The van der Waals surface area contributed by atoms with Crippen molar-refractivity contribution in [1.82, 2.24) is 10.3 Å². The van der Waals surface area contributed by atoms with Crippen molar-refractivity contribution in [2.75, 3.05) is 24.7 Å². The quantitative estimate of drug-likeness (QED) is 0.903. The highest BCUT2D eigenvalue weighted by atomic mass is 16.5. The van der Waals surface area contributed by atoms with Crippen LogP contribution in [0.4, 0.5) is 5.82 Å². The highest BCUT2D eigenvalue weighted by molar-refractivity contribution is 5.43. The van der Waals surface area contributed by atoms with Crippen molar-refractivity contribution >= 4 is 5.82 Å². The predicted octanol–water partition coefficient (Wildman–Crippen LogP) is 2.11. The van der Waals surface area contributed by atoms with E-state index >= 15 is 0 Å². The van der Waals surface area contributed by atoms with Crippen LogP contribution in [0, 0.1) is 6.92 Å². The van der Waals surface area contributed by atoms with Crippen molar-refractivity contribution in [3.63, 3.8) is 0 Å². The second kappa shape index (κ2) is 6.35. The van der Waals surface area contributed by atoms with E-state index in [2.05, 4.69) is 50.0 Å². The fourth-order valence-corrected chi connectivity index (χ4v) is 2.31. The van der Waals surface area contributed by atoms with Crippen LogP contribution in [-0.2, 0) is 11.3 Å². The smallest absolute Gasteiger partial charge is 0.129 e. The maximum absolute atomic E-state index is 5.47. The van der Waals surface area contributed by atoms with Crippen LogP contribution < -0.4 is 10.2 Å². The summed E-state index contributed by atoms with van der Waals surface area (Å²) in [5, 5.41) is 3.44. The van der Waals surface area contributed by atoms with Crippen molar-refractivity contribution in [1.29, 1.82) is 0 Å². The Morgan fingerprint density at radius 3 is 2.89 bits per heavy atom. The number of ether oxygens (including phenoxy) is 1. The number of rotatable bonds is 4. The molecule has 1 atom stereocenters. The van der Waals surface area contributed by atoms with Gasteiger partial charge in [-0.05, 0) is 25.5 Å². The summed E-state index contributed by atoms with van der Waals surface area (Å²) in [5.74, 6) is 1.07. The minimum atomic E-state index is 0.403. The Hall–Kier alpha value is -1.13. The first-order valence-electron chi connectivity index (χ1n) is 7.12. The summed E-state index contributed by atoms with van der Waals surface area (Å²) in [7, 11) is 0. The van der Waals surface area contributed by atoms with E-state index in [9.17, 15) is 0 Å². The Labute approximate surface area is 116 Å². The van der Waals surface area contributed by atoms with Gasteiger partial charge in [-0.25, -0.2) is 4.98 Å². The van der Waals surface area contributed by atoms with Crippen LogP contribution in [0.25, 0.3) is 0 Å². The lowest BCUT2D eigenvalue weighted by Gasteiger charge is -2.34. The molecule has 4 nitrogen and oxygen atoms in total. The lowest BCUT2D eigenvalue weighted by molar-refractivity contribution is 0.0985. The third-order valence-corrected chi connectivity index (χ3v) is 3.54. The Morgan fingerprint density at radius 1 is 1.47 bits per heavy atom. The minimum absolute atomic E-state index is 0.403. The van der Waals surface area contributed by atoms with Gasteiger partial charge in [-0.2, -0.15) is 0 Å². The van der Waals surface area contributed by atoms with Gasteiger partial charge in [0, 0.05) is 24.8 Å². The van der Waals surface area contributed by atoms with Gasteiger partial charge in [-0.3, -0.25) is 0 Å². The van der Waals surface area contributed by atoms with E-state index in [1.165, 1.54) is 5.56 Å². The van der Waals surface area contributed by atoms with Gasteiger partial charge in [0.05, 0.1) is 19.3 Å². The summed E-state index contributed by atoms with van der Waals surface area (Å²) in [6.45, 7) is 12.0. The third kappa shape index (κ3) is 3.67.